The molecule has 1 N–H and O–H groups in total. The van der Waals surface area contributed by atoms with Crippen molar-refractivity contribution in [2.24, 2.45) is 0 Å². The van der Waals surface area contributed by atoms with Gasteiger partial charge >= 0.3 is 0 Å². The van der Waals surface area contributed by atoms with Crippen molar-refractivity contribution in [3.05, 3.63) is 64.6 Å². The van der Waals surface area contributed by atoms with E-state index in [1.807, 2.05) is 26.8 Å². The molecule has 1 atom stereocenters. The van der Waals surface area contributed by atoms with Crippen LogP contribution in [0.15, 0.2) is 36.8 Å². The Morgan fingerprint density at radius 3 is 2.71 bits per heavy atom. The van der Waals surface area contributed by atoms with Gasteiger partial charge in [-0.25, -0.2) is 13.9 Å². The molecule has 0 aliphatic heterocycles. The van der Waals surface area contributed by atoms with E-state index in [2.05, 4.69) is 25.6 Å². The van der Waals surface area contributed by atoms with Gasteiger partial charge in [0.25, 0.3) is 0 Å². The second-order valence-electron chi connectivity index (χ2n) is 8.35. The van der Waals surface area contributed by atoms with Gasteiger partial charge in [0.15, 0.2) is 5.82 Å². The molecular weight excluding hydrogens is 421 g/mol. The molecule has 0 bridgehead atoms. The van der Waals surface area contributed by atoms with Crippen LogP contribution in [-0.2, 0) is 10.2 Å². The summed E-state index contributed by atoms with van der Waals surface area (Å²) in [6.45, 7) is 5.86. The van der Waals surface area contributed by atoms with E-state index >= 15 is 4.39 Å². The molecular formula is C21H19ClFN7O. The number of carbonyl (C=O) groups is 1. The van der Waals surface area contributed by atoms with E-state index in [0.29, 0.717) is 29.0 Å². The lowest BCUT2D eigenvalue weighted by Gasteiger charge is -2.20. The predicted molar refractivity (Wildman–Crippen MR) is 113 cm³/mol. The van der Waals surface area contributed by atoms with Gasteiger partial charge in [0.05, 0.1) is 52.1 Å². The van der Waals surface area contributed by atoms with Crippen molar-refractivity contribution in [1.82, 2.24) is 29.6 Å². The second kappa shape index (κ2) is 6.84. The molecule has 158 valence electrons. The lowest BCUT2D eigenvalue weighted by atomic mass is 9.88. The monoisotopic (exact) mass is 439 g/mol. The number of fused-ring (bicyclic) bond motifs is 3. The number of nitrogens with one attached hydrogen (secondary N) is 1. The summed E-state index contributed by atoms with van der Waals surface area (Å²) >= 11 is 6.30. The van der Waals surface area contributed by atoms with Crippen LogP contribution in [0.1, 0.15) is 43.1 Å². The largest absolute Gasteiger partial charge is 0.324 e. The Bertz CT molecular complexity index is 1330. The minimum absolute atomic E-state index is 0.279. The second-order valence-corrected chi connectivity index (χ2v) is 8.76. The maximum atomic E-state index is 15.1. The Kier molecular flexibility index (Phi) is 4.33. The zero-order chi connectivity index (χ0) is 21.9. The Balaban J connectivity index is 1.49. The fourth-order valence-corrected chi connectivity index (χ4v) is 4.59. The van der Waals surface area contributed by atoms with Gasteiger partial charge in [0.2, 0.25) is 5.91 Å². The van der Waals surface area contributed by atoms with Crippen LogP contribution in [0.2, 0.25) is 5.02 Å². The van der Waals surface area contributed by atoms with Crippen LogP contribution in [-0.4, -0.2) is 35.5 Å². The van der Waals surface area contributed by atoms with Crippen molar-refractivity contribution in [3.63, 3.8) is 0 Å². The first-order valence-corrected chi connectivity index (χ1v) is 10.1. The van der Waals surface area contributed by atoms with Gasteiger partial charge < -0.3 is 5.32 Å². The number of rotatable bonds is 3. The van der Waals surface area contributed by atoms with Crippen LogP contribution in [0.3, 0.4) is 0 Å². The van der Waals surface area contributed by atoms with Gasteiger partial charge in [-0.05, 0) is 31.5 Å². The average Bonchev–Trinajstić information content (AvgIpc) is 3.39. The standard InChI is InChI=1S/C21H19ClFN7O/c1-11-6-13-8-16(23)17-14(9-21(2,3)18(17)29(13)28-11)20(31)27-12-7-15(22)19(24-10-12)30-25-4-5-26-30/h4-8,10,14H,9H2,1-3H3,(H,27,31)/t14-/m0/s1. The first-order valence-electron chi connectivity index (χ1n) is 9.77. The summed E-state index contributed by atoms with van der Waals surface area (Å²) < 4.78 is 16.9. The molecule has 10 heteroatoms. The van der Waals surface area contributed by atoms with E-state index in [1.54, 1.807) is 10.6 Å². The summed E-state index contributed by atoms with van der Waals surface area (Å²) in [5, 5.41) is 15.6. The average molecular weight is 440 g/mol. The minimum Gasteiger partial charge on any atom is -0.324 e. The van der Waals surface area contributed by atoms with Gasteiger partial charge in [-0.2, -0.15) is 15.3 Å². The molecule has 5 rings (SSSR count). The van der Waals surface area contributed by atoms with Crippen molar-refractivity contribution >= 4 is 28.7 Å². The summed E-state index contributed by atoms with van der Waals surface area (Å²) in [5.74, 6) is -1.04. The number of pyridine rings is 2. The Hall–Kier alpha value is -3.33. The van der Waals surface area contributed by atoms with Crippen molar-refractivity contribution < 1.29 is 9.18 Å². The van der Waals surface area contributed by atoms with Crippen LogP contribution in [0.4, 0.5) is 10.1 Å². The topological polar surface area (TPSA) is 90.0 Å². The van der Waals surface area contributed by atoms with Gasteiger partial charge in [0.1, 0.15) is 5.82 Å². The summed E-state index contributed by atoms with van der Waals surface area (Å²) in [6.07, 6.45) is 4.96. The number of hydrogen-bond acceptors (Lipinski definition) is 5. The van der Waals surface area contributed by atoms with Gasteiger partial charge in [-0.1, -0.05) is 25.4 Å². The number of aromatic nitrogens is 6. The number of hydrogen-bond donors (Lipinski definition) is 1. The Morgan fingerprint density at radius 1 is 1.26 bits per heavy atom. The molecule has 31 heavy (non-hydrogen) atoms. The molecule has 4 aromatic heterocycles. The first kappa shape index (κ1) is 19.6. The SMILES string of the molecule is Cc1cc2cc(F)c3c(n2n1)C(C)(C)C[C@@H]3C(=O)Nc1cnc(-n2nccn2)c(Cl)c1. The molecule has 0 unspecified atom stereocenters. The van der Waals surface area contributed by atoms with Crippen molar-refractivity contribution in [3.8, 4) is 5.82 Å². The quantitative estimate of drug-likeness (QED) is 0.524. The van der Waals surface area contributed by atoms with Crippen LogP contribution in [0.5, 0.6) is 0 Å². The lowest BCUT2D eigenvalue weighted by Crippen LogP contribution is -2.22. The van der Waals surface area contributed by atoms with Crippen LogP contribution in [0.25, 0.3) is 11.3 Å². The number of amides is 1. The van der Waals surface area contributed by atoms with Gasteiger partial charge in [0, 0.05) is 11.0 Å². The molecule has 0 saturated carbocycles. The Morgan fingerprint density at radius 2 is 2.00 bits per heavy atom. The molecule has 0 saturated heterocycles. The normalized spacial score (nSPS) is 17.1. The van der Waals surface area contributed by atoms with Crippen molar-refractivity contribution in [2.75, 3.05) is 5.32 Å². The molecule has 8 nitrogen and oxygen atoms in total. The minimum atomic E-state index is -0.662. The molecule has 4 heterocycles. The van der Waals surface area contributed by atoms with E-state index in [0.717, 1.165) is 11.4 Å². The van der Waals surface area contributed by atoms with Crippen molar-refractivity contribution in [2.45, 2.75) is 38.5 Å². The van der Waals surface area contributed by atoms with Crippen LogP contribution >= 0.6 is 11.6 Å². The Labute approximate surface area is 182 Å². The molecule has 1 aliphatic rings. The van der Waals surface area contributed by atoms with E-state index in [9.17, 15) is 4.79 Å². The molecule has 4 aromatic rings. The lowest BCUT2D eigenvalue weighted by molar-refractivity contribution is -0.117. The highest BCUT2D eigenvalue weighted by Crippen LogP contribution is 2.47. The first-order chi connectivity index (χ1) is 14.7. The third kappa shape index (κ3) is 3.16. The highest BCUT2D eigenvalue weighted by Gasteiger charge is 2.44. The molecule has 1 aliphatic carbocycles. The van der Waals surface area contributed by atoms with E-state index in [1.165, 1.54) is 29.5 Å². The molecule has 0 radical (unpaired) electrons. The zero-order valence-corrected chi connectivity index (χ0v) is 17.9. The third-order valence-corrected chi connectivity index (χ3v) is 5.85. The number of carbonyl (C=O) groups excluding carboxylic acids is 1. The maximum Gasteiger partial charge on any atom is 0.232 e. The van der Waals surface area contributed by atoms with Gasteiger partial charge in [-0.15, -0.1) is 4.80 Å². The molecule has 0 spiro atoms. The third-order valence-electron chi connectivity index (χ3n) is 5.58. The van der Waals surface area contributed by atoms with Crippen LogP contribution < -0.4 is 5.32 Å². The number of anilines is 1. The molecule has 1 amide bonds. The van der Waals surface area contributed by atoms with E-state index < -0.39 is 17.2 Å². The van der Waals surface area contributed by atoms with Gasteiger partial charge in [-0.3, -0.25) is 4.79 Å². The fraction of sp³-hybridized carbons (Fsp3) is 0.286. The van der Waals surface area contributed by atoms with Crippen molar-refractivity contribution in [1.29, 1.82) is 0 Å². The number of halogens is 2. The highest BCUT2D eigenvalue weighted by atomic mass is 35.5. The number of aryl methyl sites for hydroxylation is 1. The summed E-state index contributed by atoms with van der Waals surface area (Å²) in [4.78, 5) is 18.7. The summed E-state index contributed by atoms with van der Waals surface area (Å²) in [5.41, 5.74) is 2.57. The number of nitrogens with zero attached hydrogens (tertiary/aromatic N) is 6. The van der Waals surface area contributed by atoms with E-state index in [4.69, 9.17) is 11.6 Å². The fourth-order valence-electron chi connectivity index (χ4n) is 4.35. The smallest absolute Gasteiger partial charge is 0.232 e. The molecule has 0 fully saturated rings. The molecule has 0 aromatic carbocycles. The van der Waals surface area contributed by atoms with Crippen LogP contribution in [0, 0.1) is 12.7 Å². The maximum absolute atomic E-state index is 15.1. The summed E-state index contributed by atoms with van der Waals surface area (Å²) in [7, 11) is 0. The van der Waals surface area contributed by atoms with E-state index in [-0.39, 0.29) is 10.9 Å². The highest BCUT2D eigenvalue weighted by molar-refractivity contribution is 6.32. The zero-order valence-electron chi connectivity index (χ0n) is 17.1. The summed E-state index contributed by atoms with van der Waals surface area (Å²) in [6, 6.07) is 4.84. The predicted octanol–water partition coefficient (Wildman–Crippen LogP) is 3.81.